The van der Waals surface area contributed by atoms with E-state index in [1.54, 1.807) is 0 Å². The number of benzene rings is 2. The van der Waals surface area contributed by atoms with Crippen molar-refractivity contribution in [2.24, 2.45) is 0 Å². The molecule has 1 unspecified atom stereocenters. The summed E-state index contributed by atoms with van der Waals surface area (Å²) < 4.78 is 0.312. The molecule has 0 aliphatic heterocycles. The Morgan fingerprint density at radius 1 is 0.880 bits per heavy atom. The Bertz CT molecular complexity index is 893. The van der Waals surface area contributed by atoms with Gasteiger partial charge < -0.3 is 0 Å². The molecule has 0 N–H and O–H groups in total. The van der Waals surface area contributed by atoms with Crippen LogP contribution in [0, 0.1) is 13.8 Å². The molecular formula is C22H21Cl2Zr. The van der Waals surface area contributed by atoms with Crippen LogP contribution < -0.4 is 0 Å². The Kier molecular flexibility index (Phi) is 5.11. The second kappa shape index (κ2) is 7.18. The molecule has 0 fully saturated rings. The third-order valence-corrected chi connectivity index (χ3v) is 11.2. The van der Waals surface area contributed by atoms with Crippen LogP contribution in [0.15, 0.2) is 36.4 Å². The molecule has 0 spiro atoms. The molecule has 2 aromatic carbocycles. The fourth-order valence-electron chi connectivity index (χ4n) is 4.19. The predicted molar refractivity (Wildman–Crippen MR) is 106 cm³/mol. The standard InChI is InChI=1S/C22H21.2ClH.Zr/c1-15-9-11-17(21-7-3-5-19(15)21)13-14-18-12-10-16(2)20-6-4-8-22(18)20;;;/h3-6,9-13H,7-8,14H2,1-2H3;2*1H;/q;;;+2/p-2. The van der Waals surface area contributed by atoms with Gasteiger partial charge in [0.15, 0.2) is 0 Å². The van der Waals surface area contributed by atoms with E-state index in [0.29, 0.717) is 3.63 Å². The van der Waals surface area contributed by atoms with E-state index in [1.807, 2.05) is 0 Å². The minimum atomic E-state index is -2.48. The number of allylic oxidation sites excluding steroid dienone is 2. The maximum absolute atomic E-state index is 6.68. The molecule has 0 saturated carbocycles. The van der Waals surface area contributed by atoms with E-state index in [0.717, 1.165) is 19.3 Å². The van der Waals surface area contributed by atoms with Crippen LogP contribution in [0.3, 0.4) is 0 Å². The average molecular weight is 448 g/mol. The van der Waals surface area contributed by atoms with Crippen molar-refractivity contribution in [1.82, 2.24) is 0 Å². The van der Waals surface area contributed by atoms with E-state index in [-0.39, 0.29) is 0 Å². The first kappa shape index (κ1) is 17.8. The Hall–Kier alpha value is -0.617. The zero-order valence-electron chi connectivity index (χ0n) is 14.6. The zero-order chi connectivity index (χ0) is 17.6. The van der Waals surface area contributed by atoms with Crippen molar-refractivity contribution in [2.75, 3.05) is 0 Å². The predicted octanol–water partition coefficient (Wildman–Crippen LogP) is 6.65. The first-order chi connectivity index (χ1) is 12.1. The molecule has 0 heterocycles. The molecule has 0 radical (unpaired) electrons. The zero-order valence-corrected chi connectivity index (χ0v) is 18.5. The first-order valence-corrected chi connectivity index (χ1v) is 16.6. The summed E-state index contributed by atoms with van der Waals surface area (Å²) in [7, 11) is 13.4. The van der Waals surface area contributed by atoms with Crippen LogP contribution in [-0.2, 0) is 38.6 Å². The maximum atomic E-state index is 6.68. The van der Waals surface area contributed by atoms with E-state index < -0.39 is 19.4 Å². The van der Waals surface area contributed by atoms with Crippen LogP contribution in [-0.4, -0.2) is 0 Å². The van der Waals surface area contributed by atoms with Crippen LogP contribution in [0.1, 0.15) is 48.1 Å². The Morgan fingerprint density at radius 3 is 2.16 bits per heavy atom. The van der Waals surface area contributed by atoms with Crippen molar-refractivity contribution in [3.8, 4) is 0 Å². The summed E-state index contributed by atoms with van der Waals surface area (Å²) in [6.07, 6.45) is 12.1. The van der Waals surface area contributed by atoms with Crippen LogP contribution in [0.25, 0.3) is 12.2 Å². The van der Waals surface area contributed by atoms with Crippen molar-refractivity contribution in [1.29, 1.82) is 0 Å². The van der Waals surface area contributed by atoms with Gasteiger partial charge in [-0.15, -0.1) is 0 Å². The number of aryl methyl sites for hydroxylation is 2. The summed E-state index contributed by atoms with van der Waals surface area (Å²) >= 11 is -2.48. The van der Waals surface area contributed by atoms with Gasteiger partial charge in [-0.2, -0.15) is 0 Å². The summed E-state index contributed by atoms with van der Waals surface area (Å²) in [6.45, 7) is 4.38. The third kappa shape index (κ3) is 3.25. The van der Waals surface area contributed by atoms with E-state index in [4.69, 9.17) is 17.0 Å². The van der Waals surface area contributed by atoms with Crippen LogP contribution in [0.5, 0.6) is 0 Å². The molecular weight excluding hydrogens is 426 g/mol. The third-order valence-electron chi connectivity index (χ3n) is 5.56. The quantitative estimate of drug-likeness (QED) is 0.492. The van der Waals surface area contributed by atoms with Crippen molar-refractivity contribution < 1.29 is 19.4 Å². The molecule has 0 saturated heterocycles. The number of rotatable bonds is 4. The van der Waals surface area contributed by atoms with Gasteiger partial charge in [0.2, 0.25) is 0 Å². The summed E-state index contributed by atoms with van der Waals surface area (Å²) in [6, 6.07) is 9.05. The topological polar surface area (TPSA) is 0 Å². The second-order valence-electron chi connectivity index (χ2n) is 7.06. The number of hydrogen-bond donors (Lipinski definition) is 0. The number of hydrogen-bond acceptors (Lipinski definition) is 0. The molecule has 2 aliphatic rings. The van der Waals surface area contributed by atoms with Gasteiger partial charge in [-0.05, 0) is 0 Å². The Labute approximate surface area is 165 Å². The molecule has 0 aromatic heterocycles. The summed E-state index contributed by atoms with van der Waals surface area (Å²) in [5.74, 6) is 0. The molecule has 1 atom stereocenters. The molecule has 0 bridgehead atoms. The van der Waals surface area contributed by atoms with Gasteiger partial charge in [-0.3, -0.25) is 0 Å². The first-order valence-electron chi connectivity index (χ1n) is 8.81. The van der Waals surface area contributed by atoms with E-state index >= 15 is 0 Å². The minimum absolute atomic E-state index is 0.312. The molecule has 4 rings (SSSR count). The van der Waals surface area contributed by atoms with Crippen LogP contribution in [0.4, 0.5) is 0 Å². The van der Waals surface area contributed by atoms with E-state index in [2.05, 4.69) is 62.4 Å². The summed E-state index contributed by atoms with van der Waals surface area (Å²) in [5, 5.41) is 0. The van der Waals surface area contributed by atoms with Gasteiger partial charge in [0.05, 0.1) is 0 Å². The Balaban J connectivity index is 1.74. The van der Waals surface area contributed by atoms with Crippen molar-refractivity contribution in [3.63, 3.8) is 0 Å². The molecule has 2 aromatic rings. The second-order valence-corrected chi connectivity index (χ2v) is 16.2. The van der Waals surface area contributed by atoms with Gasteiger partial charge in [0.1, 0.15) is 0 Å². The molecule has 25 heavy (non-hydrogen) atoms. The fourth-order valence-corrected chi connectivity index (χ4v) is 8.66. The SMILES string of the molecule is Cc1ccc(C[CH](c2ccc(C)c3c2CC=C3)[Zr]([Cl])[Cl])c2c1C=CC2. The summed E-state index contributed by atoms with van der Waals surface area (Å²) in [5.41, 5.74) is 11.2. The molecule has 127 valence electrons. The fraction of sp³-hybridized carbons (Fsp3) is 0.273. The molecule has 0 nitrogen and oxygen atoms in total. The number of fused-ring (bicyclic) bond motifs is 2. The van der Waals surface area contributed by atoms with E-state index in [1.165, 1.54) is 44.5 Å². The number of halogens is 2. The van der Waals surface area contributed by atoms with E-state index in [9.17, 15) is 0 Å². The molecule has 2 aliphatic carbocycles. The Morgan fingerprint density at radius 2 is 1.48 bits per heavy atom. The average Bonchev–Trinajstić information content (AvgIpc) is 3.25. The van der Waals surface area contributed by atoms with Crippen molar-refractivity contribution in [3.05, 3.63) is 80.9 Å². The van der Waals surface area contributed by atoms with Crippen LogP contribution >= 0.6 is 17.0 Å². The molecule has 0 amide bonds. The van der Waals surface area contributed by atoms with Gasteiger partial charge in [0, 0.05) is 0 Å². The monoisotopic (exact) mass is 445 g/mol. The van der Waals surface area contributed by atoms with Gasteiger partial charge in [0.25, 0.3) is 0 Å². The summed E-state index contributed by atoms with van der Waals surface area (Å²) in [4.78, 5) is 0. The molecule has 3 heteroatoms. The van der Waals surface area contributed by atoms with Crippen molar-refractivity contribution >= 4 is 29.2 Å². The van der Waals surface area contributed by atoms with Gasteiger partial charge in [-0.25, -0.2) is 0 Å². The van der Waals surface area contributed by atoms with Crippen LogP contribution in [0.2, 0.25) is 0 Å². The normalized spacial score (nSPS) is 15.4. The van der Waals surface area contributed by atoms with Gasteiger partial charge >= 0.3 is 166 Å². The van der Waals surface area contributed by atoms with Gasteiger partial charge in [-0.1, -0.05) is 0 Å². The van der Waals surface area contributed by atoms with Crippen molar-refractivity contribution in [2.45, 2.75) is 36.7 Å².